The fraction of sp³-hybridized carbons (Fsp3) is 0.667. The van der Waals surface area contributed by atoms with Gasteiger partial charge >= 0.3 is 0 Å². The summed E-state index contributed by atoms with van der Waals surface area (Å²) < 4.78 is 0. The standard InChI is InChI=1S/C6H13N3/c1-8-4-3-5-9(2)6(8)7/h3-4,6H,5,7H2,1-2H3. The molecule has 0 aromatic heterocycles. The molecule has 2 N–H and O–H groups in total. The minimum atomic E-state index is 0.0509. The fourth-order valence-corrected chi connectivity index (χ4v) is 0.887. The average molecular weight is 127 g/mol. The van der Waals surface area contributed by atoms with Crippen LogP contribution in [0.25, 0.3) is 0 Å². The van der Waals surface area contributed by atoms with Crippen molar-refractivity contribution in [1.82, 2.24) is 9.80 Å². The van der Waals surface area contributed by atoms with Crippen molar-refractivity contribution < 1.29 is 0 Å². The minimum absolute atomic E-state index is 0.0509. The molecule has 9 heavy (non-hydrogen) atoms. The Bertz CT molecular complexity index is 121. The second-order valence-corrected chi connectivity index (χ2v) is 2.40. The number of hydrogen-bond acceptors (Lipinski definition) is 3. The molecule has 1 aliphatic heterocycles. The van der Waals surface area contributed by atoms with Crippen LogP contribution in [-0.2, 0) is 0 Å². The van der Waals surface area contributed by atoms with Gasteiger partial charge in [0.05, 0.1) is 0 Å². The molecule has 0 bridgehead atoms. The van der Waals surface area contributed by atoms with Crippen LogP contribution in [0.15, 0.2) is 12.3 Å². The van der Waals surface area contributed by atoms with Gasteiger partial charge in [0.2, 0.25) is 0 Å². The Morgan fingerprint density at radius 2 is 2.22 bits per heavy atom. The smallest absolute Gasteiger partial charge is 0.134 e. The number of hydrogen-bond donors (Lipinski definition) is 1. The maximum absolute atomic E-state index is 5.72. The lowest BCUT2D eigenvalue weighted by Crippen LogP contribution is -2.51. The molecule has 3 heteroatoms. The van der Waals surface area contributed by atoms with Gasteiger partial charge in [-0.25, -0.2) is 0 Å². The molecule has 1 atom stereocenters. The zero-order valence-electron chi connectivity index (χ0n) is 5.91. The normalized spacial score (nSPS) is 29.2. The maximum atomic E-state index is 5.72. The van der Waals surface area contributed by atoms with Crippen LogP contribution in [0.5, 0.6) is 0 Å². The van der Waals surface area contributed by atoms with Crippen molar-refractivity contribution in [2.75, 3.05) is 20.6 Å². The molecular formula is C6H13N3. The first-order valence-electron chi connectivity index (χ1n) is 3.06. The SMILES string of the molecule is CN1C=CCN(C)C1N. The van der Waals surface area contributed by atoms with Gasteiger partial charge in [-0.3, -0.25) is 10.6 Å². The van der Waals surface area contributed by atoms with E-state index < -0.39 is 0 Å². The summed E-state index contributed by atoms with van der Waals surface area (Å²) in [5.74, 6) is 0. The van der Waals surface area contributed by atoms with Crippen LogP contribution in [0.4, 0.5) is 0 Å². The second-order valence-electron chi connectivity index (χ2n) is 2.40. The second kappa shape index (κ2) is 2.37. The molecule has 1 unspecified atom stereocenters. The zero-order chi connectivity index (χ0) is 6.85. The van der Waals surface area contributed by atoms with Gasteiger partial charge in [-0.2, -0.15) is 0 Å². The summed E-state index contributed by atoms with van der Waals surface area (Å²) in [6.45, 7) is 0.950. The van der Waals surface area contributed by atoms with Crippen molar-refractivity contribution >= 4 is 0 Å². The quantitative estimate of drug-likeness (QED) is 0.481. The summed E-state index contributed by atoms with van der Waals surface area (Å²) in [7, 11) is 3.97. The van der Waals surface area contributed by atoms with Crippen molar-refractivity contribution in [3.8, 4) is 0 Å². The summed E-state index contributed by atoms with van der Waals surface area (Å²) in [6.07, 6.45) is 4.14. The third-order valence-electron chi connectivity index (χ3n) is 1.60. The Hall–Kier alpha value is -0.540. The summed E-state index contributed by atoms with van der Waals surface area (Å²) in [6, 6.07) is 0. The van der Waals surface area contributed by atoms with E-state index in [1.165, 1.54) is 0 Å². The molecule has 3 nitrogen and oxygen atoms in total. The van der Waals surface area contributed by atoms with Crippen molar-refractivity contribution in [1.29, 1.82) is 0 Å². The van der Waals surface area contributed by atoms with Crippen LogP contribution in [0.2, 0.25) is 0 Å². The number of likely N-dealkylation sites (N-methyl/N-ethyl adjacent to an activating group) is 1. The van der Waals surface area contributed by atoms with E-state index in [2.05, 4.69) is 11.0 Å². The molecule has 0 radical (unpaired) electrons. The summed E-state index contributed by atoms with van der Waals surface area (Å²) in [4.78, 5) is 4.05. The topological polar surface area (TPSA) is 32.5 Å². The van der Waals surface area contributed by atoms with Crippen LogP contribution in [-0.4, -0.2) is 36.7 Å². The lowest BCUT2D eigenvalue weighted by molar-refractivity contribution is 0.124. The molecule has 1 heterocycles. The molecule has 0 aromatic carbocycles. The summed E-state index contributed by atoms with van der Waals surface area (Å²) in [5.41, 5.74) is 5.72. The van der Waals surface area contributed by atoms with Crippen molar-refractivity contribution in [3.63, 3.8) is 0 Å². The maximum Gasteiger partial charge on any atom is 0.134 e. The molecule has 0 spiro atoms. The van der Waals surface area contributed by atoms with Crippen LogP contribution in [0, 0.1) is 0 Å². The largest absolute Gasteiger partial charge is 0.353 e. The number of nitrogens with zero attached hydrogens (tertiary/aromatic N) is 2. The van der Waals surface area contributed by atoms with Gasteiger partial charge in [0.25, 0.3) is 0 Å². The van der Waals surface area contributed by atoms with Crippen molar-refractivity contribution in [2.45, 2.75) is 6.29 Å². The van der Waals surface area contributed by atoms with E-state index in [9.17, 15) is 0 Å². The van der Waals surface area contributed by atoms with Crippen LogP contribution >= 0.6 is 0 Å². The Kier molecular flexibility index (Phi) is 1.73. The van der Waals surface area contributed by atoms with Crippen LogP contribution in [0.1, 0.15) is 0 Å². The van der Waals surface area contributed by atoms with E-state index in [0.29, 0.717) is 0 Å². The summed E-state index contributed by atoms with van der Waals surface area (Å²) >= 11 is 0. The molecule has 1 rings (SSSR count). The van der Waals surface area contributed by atoms with E-state index in [1.54, 1.807) is 0 Å². The fourth-order valence-electron chi connectivity index (χ4n) is 0.887. The molecule has 0 aromatic rings. The molecular weight excluding hydrogens is 114 g/mol. The van der Waals surface area contributed by atoms with E-state index in [4.69, 9.17) is 5.73 Å². The number of rotatable bonds is 0. The summed E-state index contributed by atoms with van der Waals surface area (Å²) in [5, 5.41) is 0. The molecule has 1 aliphatic rings. The minimum Gasteiger partial charge on any atom is -0.353 e. The highest BCUT2D eigenvalue weighted by molar-refractivity contribution is 4.90. The monoisotopic (exact) mass is 127 g/mol. The van der Waals surface area contributed by atoms with Gasteiger partial charge in [0.1, 0.15) is 6.29 Å². The molecule has 0 fully saturated rings. The zero-order valence-corrected chi connectivity index (χ0v) is 5.91. The van der Waals surface area contributed by atoms with Crippen LogP contribution < -0.4 is 5.73 Å². The Balaban J connectivity index is 2.58. The van der Waals surface area contributed by atoms with E-state index in [1.807, 2.05) is 25.2 Å². The predicted octanol–water partition coefficient (Wildman–Crippen LogP) is -0.380. The Morgan fingerprint density at radius 3 is 2.67 bits per heavy atom. The van der Waals surface area contributed by atoms with Gasteiger partial charge in [0, 0.05) is 13.6 Å². The first kappa shape index (κ1) is 6.58. The average Bonchev–Trinajstić information content (AvgIpc) is 1.83. The third-order valence-corrected chi connectivity index (χ3v) is 1.60. The first-order chi connectivity index (χ1) is 4.22. The third kappa shape index (κ3) is 1.23. The number of nitrogens with two attached hydrogens (primary N) is 1. The van der Waals surface area contributed by atoms with Crippen molar-refractivity contribution in [3.05, 3.63) is 12.3 Å². The highest BCUT2D eigenvalue weighted by Crippen LogP contribution is 2.01. The van der Waals surface area contributed by atoms with Gasteiger partial charge < -0.3 is 4.90 Å². The first-order valence-corrected chi connectivity index (χ1v) is 3.06. The Morgan fingerprint density at radius 1 is 1.56 bits per heavy atom. The molecule has 0 amide bonds. The Labute approximate surface area is 55.7 Å². The molecule has 0 saturated heterocycles. The van der Waals surface area contributed by atoms with E-state index >= 15 is 0 Å². The molecule has 52 valence electrons. The lowest BCUT2D eigenvalue weighted by Gasteiger charge is -2.34. The van der Waals surface area contributed by atoms with Crippen LogP contribution in [0.3, 0.4) is 0 Å². The van der Waals surface area contributed by atoms with Gasteiger partial charge in [-0.05, 0) is 13.2 Å². The van der Waals surface area contributed by atoms with Gasteiger partial charge in [-0.1, -0.05) is 6.08 Å². The van der Waals surface area contributed by atoms with Gasteiger partial charge in [-0.15, -0.1) is 0 Å². The highest BCUT2D eigenvalue weighted by atomic mass is 15.4. The predicted molar refractivity (Wildman–Crippen MR) is 37.5 cm³/mol. The van der Waals surface area contributed by atoms with E-state index in [-0.39, 0.29) is 6.29 Å². The molecule has 0 saturated carbocycles. The van der Waals surface area contributed by atoms with Gasteiger partial charge in [0.15, 0.2) is 0 Å². The molecule has 0 aliphatic carbocycles. The lowest BCUT2D eigenvalue weighted by atomic mass is 10.4. The van der Waals surface area contributed by atoms with E-state index in [0.717, 1.165) is 6.54 Å². The van der Waals surface area contributed by atoms with Crippen molar-refractivity contribution in [2.24, 2.45) is 5.73 Å². The highest BCUT2D eigenvalue weighted by Gasteiger charge is 2.13.